The van der Waals surface area contributed by atoms with Gasteiger partial charge in [0.25, 0.3) is 0 Å². The molecule has 3 nitrogen and oxygen atoms in total. The zero-order chi connectivity index (χ0) is 3.58. The molecule has 0 heterocycles. The zero-order valence-electron chi connectivity index (χ0n) is 2.25. The minimum absolute atomic E-state index is 0. The van der Waals surface area contributed by atoms with Crippen LogP contribution in [-0.2, 0) is 19.4 Å². The number of hydrogen-bond donors (Lipinski definition) is 1. The van der Waals surface area contributed by atoms with Crippen molar-refractivity contribution in [2.24, 2.45) is 0 Å². The predicted octanol–water partition coefficient (Wildman–Crippen LogP) is -0.880. The molecule has 0 aromatic carbocycles. The summed E-state index contributed by atoms with van der Waals surface area (Å²) >= 11 is 0. The fourth-order valence-electron chi connectivity index (χ4n) is 0. The second kappa shape index (κ2) is 4.83. The van der Waals surface area contributed by atoms with Crippen molar-refractivity contribution < 1.29 is 13.0 Å². The SMILES string of the molecule is O=[S-](=O)O.[PbH]. The van der Waals surface area contributed by atoms with Crippen molar-refractivity contribution in [1.29, 1.82) is 0 Å². The number of rotatable bonds is 0. The first-order valence-electron chi connectivity index (χ1n) is 0.516. The predicted molar refractivity (Wildman–Crippen MR) is 18.5 cm³/mol. The average Bonchev–Trinajstić information content (AvgIpc) is 0.811. The molecule has 0 aliphatic carbocycles. The normalized spacial score (nSPS) is 6.80. The standard InChI is InChI=1S/HO3S.Pb.H/c1-4(2)3;;/h(H,1,2,3);;/q-1;;. The van der Waals surface area contributed by atoms with E-state index in [2.05, 4.69) is 0 Å². The van der Waals surface area contributed by atoms with Crippen LogP contribution in [0.15, 0.2) is 0 Å². The van der Waals surface area contributed by atoms with Gasteiger partial charge in [0.1, 0.15) is 0 Å². The Morgan fingerprint density at radius 1 is 1.40 bits per heavy atom. The quantitative estimate of drug-likeness (QED) is 0.273. The van der Waals surface area contributed by atoms with E-state index >= 15 is 0 Å². The van der Waals surface area contributed by atoms with Gasteiger partial charge in [0, 0.05) is 11.0 Å². The average molecular weight is 289 g/mol. The third-order valence-electron chi connectivity index (χ3n) is 0. The molecular weight excluding hydrogens is 287 g/mol. The van der Waals surface area contributed by atoms with Gasteiger partial charge in [0.05, 0.1) is 0 Å². The fourth-order valence-corrected chi connectivity index (χ4v) is 0. The van der Waals surface area contributed by atoms with Crippen molar-refractivity contribution in [1.82, 2.24) is 0 Å². The molecule has 31 valence electrons. The summed E-state index contributed by atoms with van der Waals surface area (Å²) in [7, 11) is -2.86. The summed E-state index contributed by atoms with van der Waals surface area (Å²) in [5.41, 5.74) is 0. The molecule has 3 radical (unpaired) electrons. The van der Waals surface area contributed by atoms with Crippen LogP contribution >= 0.6 is 0 Å². The molecule has 0 atom stereocenters. The van der Waals surface area contributed by atoms with Gasteiger partial charge in [-0.3, -0.25) is 0 Å². The van der Waals surface area contributed by atoms with E-state index in [9.17, 15) is 0 Å². The van der Waals surface area contributed by atoms with Crippen molar-refractivity contribution >= 4 is 38.3 Å². The molecule has 0 aromatic rings. The zero-order valence-corrected chi connectivity index (χ0v) is 7.55. The summed E-state index contributed by atoms with van der Waals surface area (Å²) in [6, 6.07) is 0. The van der Waals surface area contributed by atoms with Crippen molar-refractivity contribution in [2.75, 3.05) is 0 Å². The van der Waals surface area contributed by atoms with E-state index < -0.39 is 11.0 Å². The second-order valence-corrected chi connectivity index (χ2v) is 0.651. The van der Waals surface area contributed by atoms with E-state index in [0.29, 0.717) is 0 Å². The Morgan fingerprint density at radius 2 is 1.40 bits per heavy atom. The fraction of sp³-hybridized carbons (Fsp3) is 0. The van der Waals surface area contributed by atoms with Gasteiger partial charge in [0.15, 0.2) is 0 Å². The molecule has 0 fully saturated rings. The van der Waals surface area contributed by atoms with Crippen LogP contribution in [0.1, 0.15) is 0 Å². The summed E-state index contributed by atoms with van der Waals surface area (Å²) in [5.74, 6) is 0. The third kappa shape index (κ3) is 56.0. The molecule has 0 aliphatic rings. The first-order chi connectivity index (χ1) is 1.73. The Hall–Kier alpha value is 0.832. The Balaban J connectivity index is 0. The molecule has 5 heteroatoms. The van der Waals surface area contributed by atoms with E-state index in [1.807, 2.05) is 0 Å². The molecule has 0 unspecified atom stereocenters. The van der Waals surface area contributed by atoms with Crippen LogP contribution in [0.4, 0.5) is 0 Å². The molecule has 5 heavy (non-hydrogen) atoms. The van der Waals surface area contributed by atoms with Crippen LogP contribution in [0, 0.1) is 0 Å². The van der Waals surface area contributed by atoms with Crippen molar-refractivity contribution in [3.05, 3.63) is 0 Å². The van der Waals surface area contributed by atoms with Gasteiger partial charge in [-0.15, -0.1) is 0 Å². The van der Waals surface area contributed by atoms with E-state index in [-0.39, 0.29) is 27.3 Å². The van der Waals surface area contributed by atoms with Crippen LogP contribution in [-0.4, -0.2) is 31.9 Å². The minimum atomic E-state index is -2.86. The molecule has 1 N–H and O–H groups in total. The van der Waals surface area contributed by atoms with Gasteiger partial charge in [-0.25, -0.2) is 0 Å². The van der Waals surface area contributed by atoms with Crippen LogP contribution in [0.25, 0.3) is 0 Å². The van der Waals surface area contributed by atoms with E-state index in [4.69, 9.17) is 13.0 Å². The summed E-state index contributed by atoms with van der Waals surface area (Å²) in [5, 5.41) is 0. The topological polar surface area (TPSA) is 54.4 Å². The summed E-state index contributed by atoms with van der Waals surface area (Å²) in [6.07, 6.45) is 0. The first kappa shape index (κ1) is 9.27. The Kier molecular flexibility index (Phi) is 8.96. The Morgan fingerprint density at radius 3 is 1.40 bits per heavy atom. The number of hydrogen-bond acceptors (Lipinski definition) is 3. The van der Waals surface area contributed by atoms with Crippen molar-refractivity contribution in [2.45, 2.75) is 0 Å². The molecule has 0 saturated carbocycles. The third-order valence-corrected chi connectivity index (χ3v) is 0. The van der Waals surface area contributed by atoms with Crippen LogP contribution in [0.5, 0.6) is 0 Å². The maximum absolute atomic E-state index is 8.56. The summed E-state index contributed by atoms with van der Waals surface area (Å²) < 4.78 is 24.1. The van der Waals surface area contributed by atoms with Gasteiger partial charge in [-0.2, -0.15) is 0 Å². The van der Waals surface area contributed by atoms with E-state index in [1.165, 1.54) is 0 Å². The summed E-state index contributed by atoms with van der Waals surface area (Å²) in [4.78, 5) is 0. The molecule has 0 saturated heterocycles. The first-order valence-corrected chi connectivity index (χ1v) is 1.55. The van der Waals surface area contributed by atoms with Crippen molar-refractivity contribution in [3.8, 4) is 0 Å². The van der Waals surface area contributed by atoms with Gasteiger partial charge in [-0.1, -0.05) is 0 Å². The Labute approximate surface area is 51.3 Å². The van der Waals surface area contributed by atoms with Crippen molar-refractivity contribution in [3.63, 3.8) is 0 Å². The van der Waals surface area contributed by atoms with Gasteiger partial charge in [-0.05, 0) is 0 Å². The van der Waals surface area contributed by atoms with Gasteiger partial charge < -0.3 is 13.0 Å². The summed E-state index contributed by atoms with van der Waals surface area (Å²) in [6.45, 7) is 0. The molecule has 0 aromatic heterocycles. The monoisotopic (exact) mass is 290 g/mol. The van der Waals surface area contributed by atoms with Gasteiger partial charge >= 0.3 is 27.3 Å². The second-order valence-electron chi connectivity index (χ2n) is 0.217. The molecule has 0 spiro atoms. The molecule has 0 bridgehead atoms. The maximum atomic E-state index is 8.56. The van der Waals surface area contributed by atoms with Gasteiger partial charge in [0.2, 0.25) is 0 Å². The molecule has 0 amide bonds. The van der Waals surface area contributed by atoms with E-state index in [1.54, 1.807) is 0 Å². The van der Waals surface area contributed by atoms with Crippen LogP contribution in [0.3, 0.4) is 0 Å². The Bertz CT molecular complexity index is 55.3. The van der Waals surface area contributed by atoms with Crippen LogP contribution in [0.2, 0.25) is 0 Å². The molecular formula is H2O3PbS-. The van der Waals surface area contributed by atoms with E-state index in [0.717, 1.165) is 0 Å². The van der Waals surface area contributed by atoms with Crippen LogP contribution < -0.4 is 0 Å². The molecule has 0 rings (SSSR count). The molecule has 0 aliphatic heterocycles.